The average Bonchev–Trinajstić information content (AvgIpc) is 3.16. The van der Waals surface area contributed by atoms with Gasteiger partial charge in [0.15, 0.2) is 5.11 Å². The van der Waals surface area contributed by atoms with Crippen LogP contribution in [0.5, 0.6) is 5.75 Å². The molecule has 4 rings (SSSR count). The standard InChI is InChI=1S/C29H29N3O5S/c1-3-37-28(35)21-11-13-23(14-12-21)32-27(34)25(19-26(33)30-22-7-5-4-6-8-22)31(29(32)38)18-17-20-9-15-24(36-2)16-10-20/h4-16,25H,3,17-19H2,1-2H3,(H,30,33). The van der Waals surface area contributed by atoms with Gasteiger partial charge in [-0.1, -0.05) is 30.3 Å². The zero-order chi connectivity index (χ0) is 27.1. The van der Waals surface area contributed by atoms with Crippen LogP contribution in [0.15, 0.2) is 78.9 Å². The second kappa shape index (κ2) is 12.3. The predicted octanol–water partition coefficient (Wildman–Crippen LogP) is 4.45. The van der Waals surface area contributed by atoms with Crippen molar-refractivity contribution in [3.63, 3.8) is 0 Å². The lowest BCUT2D eigenvalue weighted by Crippen LogP contribution is -2.39. The Morgan fingerprint density at radius 3 is 2.29 bits per heavy atom. The van der Waals surface area contributed by atoms with E-state index in [-0.39, 0.29) is 24.8 Å². The maximum atomic E-state index is 13.6. The highest BCUT2D eigenvalue weighted by Gasteiger charge is 2.44. The van der Waals surface area contributed by atoms with Gasteiger partial charge in [0.05, 0.1) is 31.4 Å². The van der Waals surface area contributed by atoms with Crippen LogP contribution in [0.4, 0.5) is 11.4 Å². The van der Waals surface area contributed by atoms with E-state index in [0.717, 1.165) is 11.3 Å². The molecule has 1 N–H and O–H groups in total. The zero-order valence-corrected chi connectivity index (χ0v) is 22.1. The van der Waals surface area contributed by atoms with Crippen molar-refractivity contribution in [2.45, 2.75) is 25.8 Å². The van der Waals surface area contributed by atoms with Gasteiger partial charge in [0.2, 0.25) is 5.91 Å². The van der Waals surface area contributed by atoms with E-state index in [9.17, 15) is 14.4 Å². The highest BCUT2D eigenvalue weighted by atomic mass is 32.1. The lowest BCUT2D eigenvalue weighted by atomic mass is 10.1. The number of rotatable bonds is 10. The smallest absolute Gasteiger partial charge is 0.338 e. The molecule has 8 nitrogen and oxygen atoms in total. The van der Waals surface area contributed by atoms with Crippen molar-refractivity contribution in [3.05, 3.63) is 90.0 Å². The van der Waals surface area contributed by atoms with Gasteiger partial charge in [-0.05, 0) is 79.7 Å². The fraction of sp³-hybridized carbons (Fsp3) is 0.241. The minimum Gasteiger partial charge on any atom is -0.497 e. The van der Waals surface area contributed by atoms with Crippen molar-refractivity contribution in [2.24, 2.45) is 0 Å². The summed E-state index contributed by atoms with van der Waals surface area (Å²) in [6, 6.07) is 22.5. The molecule has 1 unspecified atom stereocenters. The molecule has 0 saturated carbocycles. The van der Waals surface area contributed by atoms with Crippen LogP contribution < -0.4 is 15.0 Å². The molecule has 0 bridgehead atoms. The first-order valence-electron chi connectivity index (χ1n) is 12.3. The summed E-state index contributed by atoms with van der Waals surface area (Å²) in [4.78, 5) is 41.8. The minimum absolute atomic E-state index is 0.0616. The van der Waals surface area contributed by atoms with Gasteiger partial charge in [0.1, 0.15) is 11.8 Å². The van der Waals surface area contributed by atoms with E-state index < -0.39 is 12.0 Å². The van der Waals surface area contributed by atoms with E-state index in [2.05, 4.69) is 5.32 Å². The molecule has 0 spiro atoms. The van der Waals surface area contributed by atoms with Crippen molar-refractivity contribution in [1.82, 2.24) is 4.90 Å². The minimum atomic E-state index is -0.769. The number of para-hydroxylation sites is 1. The summed E-state index contributed by atoms with van der Waals surface area (Å²) in [7, 11) is 1.61. The summed E-state index contributed by atoms with van der Waals surface area (Å²) < 4.78 is 10.3. The number of esters is 1. The number of carbonyl (C=O) groups is 3. The SMILES string of the molecule is CCOC(=O)c1ccc(N2C(=O)C(CC(=O)Nc3ccccc3)N(CCc3ccc(OC)cc3)C2=S)cc1. The number of hydrogen-bond acceptors (Lipinski definition) is 6. The third kappa shape index (κ3) is 6.18. The van der Waals surface area contributed by atoms with E-state index >= 15 is 0 Å². The zero-order valence-electron chi connectivity index (χ0n) is 21.3. The molecule has 1 atom stereocenters. The van der Waals surface area contributed by atoms with Crippen LogP contribution in [-0.2, 0) is 20.7 Å². The number of hydrogen-bond donors (Lipinski definition) is 1. The molecule has 0 radical (unpaired) electrons. The largest absolute Gasteiger partial charge is 0.497 e. The Kier molecular flexibility index (Phi) is 8.70. The molecule has 1 saturated heterocycles. The lowest BCUT2D eigenvalue weighted by molar-refractivity contribution is -0.124. The molecular formula is C29H29N3O5S. The molecule has 1 aliphatic heterocycles. The predicted molar refractivity (Wildman–Crippen MR) is 149 cm³/mol. The van der Waals surface area contributed by atoms with Crippen LogP contribution in [-0.4, -0.2) is 54.1 Å². The molecule has 196 valence electrons. The van der Waals surface area contributed by atoms with E-state index in [1.165, 1.54) is 4.90 Å². The molecule has 38 heavy (non-hydrogen) atoms. The molecule has 0 aliphatic carbocycles. The van der Waals surface area contributed by atoms with Gasteiger partial charge < -0.3 is 19.7 Å². The van der Waals surface area contributed by atoms with Crippen LogP contribution in [0.25, 0.3) is 0 Å². The van der Waals surface area contributed by atoms with Crippen LogP contribution in [0.2, 0.25) is 0 Å². The van der Waals surface area contributed by atoms with E-state index in [1.54, 1.807) is 55.3 Å². The van der Waals surface area contributed by atoms with Crippen LogP contribution in [0.3, 0.4) is 0 Å². The van der Waals surface area contributed by atoms with Gasteiger partial charge in [0.25, 0.3) is 5.91 Å². The van der Waals surface area contributed by atoms with E-state index in [1.807, 2.05) is 42.5 Å². The summed E-state index contributed by atoms with van der Waals surface area (Å²) in [6.45, 7) is 2.45. The summed E-state index contributed by atoms with van der Waals surface area (Å²) >= 11 is 5.75. The molecular weight excluding hydrogens is 502 g/mol. The quantitative estimate of drug-likeness (QED) is 0.306. The monoisotopic (exact) mass is 531 g/mol. The number of ether oxygens (including phenoxy) is 2. The van der Waals surface area contributed by atoms with Gasteiger partial charge in [-0.2, -0.15) is 0 Å². The number of anilines is 2. The Bertz CT molecular complexity index is 1300. The van der Waals surface area contributed by atoms with Gasteiger partial charge in [-0.25, -0.2) is 4.79 Å². The molecule has 0 aromatic heterocycles. The van der Waals surface area contributed by atoms with Crippen LogP contribution >= 0.6 is 12.2 Å². The first-order valence-corrected chi connectivity index (χ1v) is 12.7. The van der Waals surface area contributed by atoms with Crippen molar-refractivity contribution in [3.8, 4) is 5.75 Å². The number of nitrogens with zero attached hydrogens (tertiary/aromatic N) is 2. The Morgan fingerprint density at radius 2 is 1.66 bits per heavy atom. The second-order valence-electron chi connectivity index (χ2n) is 8.65. The highest BCUT2D eigenvalue weighted by molar-refractivity contribution is 7.80. The van der Waals surface area contributed by atoms with E-state index in [4.69, 9.17) is 21.7 Å². The Morgan fingerprint density at radius 1 is 0.974 bits per heavy atom. The normalized spacial score (nSPS) is 14.9. The number of benzene rings is 3. The molecule has 1 aliphatic rings. The molecule has 3 aromatic rings. The van der Waals surface area contributed by atoms with Gasteiger partial charge in [-0.15, -0.1) is 0 Å². The van der Waals surface area contributed by atoms with E-state index in [0.29, 0.717) is 35.0 Å². The van der Waals surface area contributed by atoms with Crippen molar-refractivity contribution in [1.29, 1.82) is 0 Å². The highest BCUT2D eigenvalue weighted by Crippen LogP contribution is 2.28. The number of methoxy groups -OCH3 is 1. The van der Waals surface area contributed by atoms with Crippen molar-refractivity contribution < 1.29 is 23.9 Å². The van der Waals surface area contributed by atoms with Crippen LogP contribution in [0.1, 0.15) is 29.3 Å². The molecule has 2 amide bonds. The second-order valence-corrected chi connectivity index (χ2v) is 9.01. The first-order chi connectivity index (χ1) is 18.4. The summed E-state index contributed by atoms with van der Waals surface area (Å²) in [5, 5.41) is 3.16. The number of carbonyl (C=O) groups excluding carboxylic acids is 3. The third-order valence-electron chi connectivity index (χ3n) is 6.19. The number of nitrogens with one attached hydrogen (secondary N) is 1. The Balaban J connectivity index is 1.55. The first kappa shape index (κ1) is 26.8. The van der Waals surface area contributed by atoms with Gasteiger partial charge >= 0.3 is 5.97 Å². The Hall–Kier alpha value is -4.24. The van der Waals surface area contributed by atoms with Crippen LogP contribution in [0, 0.1) is 0 Å². The third-order valence-corrected chi connectivity index (χ3v) is 6.61. The molecule has 1 fully saturated rings. The summed E-state index contributed by atoms with van der Waals surface area (Å²) in [5.74, 6) is -0.261. The number of thiocarbonyl (C=S) groups is 1. The molecule has 1 heterocycles. The lowest BCUT2D eigenvalue weighted by Gasteiger charge is -2.24. The maximum absolute atomic E-state index is 13.6. The summed E-state index contributed by atoms with van der Waals surface area (Å²) in [5.41, 5.74) is 2.60. The molecule has 3 aromatic carbocycles. The van der Waals surface area contributed by atoms with Crippen molar-refractivity contribution >= 4 is 46.5 Å². The topological polar surface area (TPSA) is 88.2 Å². The average molecular weight is 532 g/mol. The maximum Gasteiger partial charge on any atom is 0.338 e. The fourth-order valence-corrected chi connectivity index (χ4v) is 4.65. The fourth-order valence-electron chi connectivity index (χ4n) is 4.24. The molecule has 9 heteroatoms. The van der Waals surface area contributed by atoms with Gasteiger partial charge in [0, 0.05) is 12.2 Å². The number of amides is 2. The Labute approximate surface area is 227 Å². The summed E-state index contributed by atoms with van der Waals surface area (Å²) in [6.07, 6.45) is 0.553. The van der Waals surface area contributed by atoms with Crippen molar-refractivity contribution in [2.75, 3.05) is 30.5 Å². The van der Waals surface area contributed by atoms with Gasteiger partial charge in [-0.3, -0.25) is 14.5 Å².